The molecular weight excluding hydrogens is 324 g/mol. The fraction of sp³-hybridized carbons (Fsp3) is 0.318. The van der Waals surface area contributed by atoms with Gasteiger partial charge in [0, 0.05) is 12.6 Å². The standard InChI is InChI=1S/C22H28N2O2/c1-4-24(5-2)21(19-11-7-6-8-12-19)17-23-22(25)15-14-18-10-9-13-20(16-18)26-3/h6-16,21H,4-5,17H2,1-3H3,(H,23,25). The minimum atomic E-state index is -0.0964. The van der Waals surface area contributed by atoms with E-state index < -0.39 is 0 Å². The van der Waals surface area contributed by atoms with Crippen LogP contribution in [-0.2, 0) is 4.79 Å². The van der Waals surface area contributed by atoms with Gasteiger partial charge in [0.1, 0.15) is 5.75 Å². The smallest absolute Gasteiger partial charge is 0.244 e. The Morgan fingerprint density at radius 2 is 1.85 bits per heavy atom. The number of carbonyl (C=O) groups is 1. The van der Waals surface area contributed by atoms with E-state index in [1.807, 2.05) is 42.5 Å². The van der Waals surface area contributed by atoms with E-state index in [9.17, 15) is 4.79 Å². The molecule has 1 N–H and O–H groups in total. The van der Waals surface area contributed by atoms with E-state index in [-0.39, 0.29) is 11.9 Å². The SMILES string of the molecule is CCN(CC)C(CNC(=O)C=Cc1cccc(OC)c1)c1ccccc1. The normalized spacial score (nSPS) is 12.3. The molecule has 0 spiro atoms. The summed E-state index contributed by atoms with van der Waals surface area (Å²) in [6.07, 6.45) is 3.37. The van der Waals surface area contributed by atoms with Gasteiger partial charge in [-0.2, -0.15) is 0 Å². The van der Waals surface area contributed by atoms with Crippen molar-refractivity contribution in [3.63, 3.8) is 0 Å². The zero-order valence-corrected chi connectivity index (χ0v) is 15.8. The quantitative estimate of drug-likeness (QED) is 0.696. The van der Waals surface area contributed by atoms with Crippen LogP contribution in [0.25, 0.3) is 6.08 Å². The monoisotopic (exact) mass is 352 g/mol. The Morgan fingerprint density at radius 1 is 1.12 bits per heavy atom. The summed E-state index contributed by atoms with van der Waals surface area (Å²) >= 11 is 0. The molecule has 0 bridgehead atoms. The van der Waals surface area contributed by atoms with Crippen LogP contribution >= 0.6 is 0 Å². The molecule has 0 fully saturated rings. The molecule has 0 saturated carbocycles. The topological polar surface area (TPSA) is 41.6 Å². The van der Waals surface area contributed by atoms with E-state index in [1.165, 1.54) is 5.56 Å². The summed E-state index contributed by atoms with van der Waals surface area (Å²) in [4.78, 5) is 14.6. The van der Waals surface area contributed by atoms with Gasteiger partial charge in [-0.1, -0.05) is 56.3 Å². The molecule has 4 nitrogen and oxygen atoms in total. The highest BCUT2D eigenvalue weighted by Gasteiger charge is 2.18. The zero-order valence-electron chi connectivity index (χ0n) is 15.8. The number of amides is 1. The lowest BCUT2D eigenvalue weighted by atomic mass is 10.1. The van der Waals surface area contributed by atoms with E-state index in [1.54, 1.807) is 19.3 Å². The number of methoxy groups -OCH3 is 1. The lowest BCUT2D eigenvalue weighted by Crippen LogP contribution is -2.37. The number of nitrogens with one attached hydrogen (secondary N) is 1. The first-order valence-corrected chi connectivity index (χ1v) is 9.06. The summed E-state index contributed by atoms with van der Waals surface area (Å²) in [6, 6.07) is 18.1. The van der Waals surface area contributed by atoms with Crippen LogP contribution in [0.3, 0.4) is 0 Å². The third kappa shape index (κ3) is 5.74. The molecule has 0 heterocycles. The van der Waals surface area contributed by atoms with E-state index in [0.29, 0.717) is 6.54 Å². The molecule has 1 unspecified atom stereocenters. The molecule has 0 radical (unpaired) electrons. The molecule has 2 aromatic rings. The maximum absolute atomic E-state index is 12.3. The fourth-order valence-corrected chi connectivity index (χ4v) is 2.97. The van der Waals surface area contributed by atoms with Crippen LogP contribution in [0.15, 0.2) is 60.7 Å². The minimum absolute atomic E-state index is 0.0964. The van der Waals surface area contributed by atoms with Crippen molar-refractivity contribution < 1.29 is 9.53 Å². The average molecular weight is 352 g/mol. The van der Waals surface area contributed by atoms with Crippen molar-refractivity contribution >= 4 is 12.0 Å². The van der Waals surface area contributed by atoms with Crippen LogP contribution in [-0.4, -0.2) is 37.6 Å². The minimum Gasteiger partial charge on any atom is -0.497 e. The zero-order chi connectivity index (χ0) is 18.8. The number of nitrogens with zero attached hydrogens (tertiary/aromatic N) is 1. The van der Waals surface area contributed by atoms with Crippen LogP contribution in [0.1, 0.15) is 31.0 Å². The van der Waals surface area contributed by atoms with Crippen molar-refractivity contribution in [2.75, 3.05) is 26.7 Å². The Bertz CT molecular complexity index is 709. The first kappa shape index (κ1) is 19.7. The second-order valence-electron chi connectivity index (χ2n) is 6.00. The van der Waals surface area contributed by atoms with Gasteiger partial charge >= 0.3 is 0 Å². The molecule has 0 aliphatic rings. The average Bonchev–Trinajstić information content (AvgIpc) is 2.70. The molecule has 26 heavy (non-hydrogen) atoms. The third-order valence-electron chi connectivity index (χ3n) is 4.43. The van der Waals surface area contributed by atoms with Gasteiger partial charge in [0.05, 0.1) is 13.2 Å². The predicted octanol–water partition coefficient (Wildman–Crippen LogP) is 3.91. The third-order valence-corrected chi connectivity index (χ3v) is 4.43. The van der Waals surface area contributed by atoms with Gasteiger partial charge < -0.3 is 10.1 Å². The Balaban J connectivity index is 2.01. The maximum atomic E-state index is 12.3. The molecule has 2 aromatic carbocycles. The molecule has 1 atom stereocenters. The fourth-order valence-electron chi connectivity index (χ4n) is 2.97. The molecule has 0 aliphatic carbocycles. The number of ether oxygens (including phenoxy) is 1. The van der Waals surface area contributed by atoms with Gasteiger partial charge in [-0.3, -0.25) is 9.69 Å². The van der Waals surface area contributed by atoms with Crippen molar-refractivity contribution in [3.8, 4) is 5.75 Å². The first-order chi connectivity index (χ1) is 12.7. The lowest BCUT2D eigenvalue weighted by molar-refractivity contribution is -0.116. The van der Waals surface area contributed by atoms with Gasteiger partial charge in [-0.25, -0.2) is 0 Å². The highest BCUT2D eigenvalue weighted by atomic mass is 16.5. The Morgan fingerprint density at radius 3 is 2.50 bits per heavy atom. The summed E-state index contributed by atoms with van der Waals surface area (Å²) < 4.78 is 5.20. The molecule has 1 amide bonds. The van der Waals surface area contributed by atoms with Crippen LogP contribution < -0.4 is 10.1 Å². The second kappa shape index (κ2) is 10.4. The van der Waals surface area contributed by atoms with Crippen LogP contribution in [0.4, 0.5) is 0 Å². The predicted molar refractivity (Wildman–Crippen MR) is 107 cm³/mol. The van der Waals surface area contributed by atoms with Gasteiger partial charge in [-0.15, -0.1) is 0 Å². The number of hydrogen-bond donors (Lipinski definition) is 1. The Hall–Kier alpha value is -2.59. The van der Waals surface area contributed by atoms with Crippen LogP contribution in [0.2, 0.25) is 0 Å². The molecule has 4 heteroatoms. The van der Waals surface area contributed by atoms with Crippen molar-refractivity contribution in [1.29, 1.82) is 0 Å². The molecule has 2 rings (SSSR count). The summed E-state index contributed by atoms with van der Waals surface area (Å²) in [5, 5.41) is 3.03. The summed E-state index contributed by atoms with van der Waals surface area (Å²) in [6.45, 7) is 6.73. The number of rotatable bonds is 9. The van der Waals surface area contributed by atoms with Crippen molar-refractivity contribution in [2.45, 2.75) is 19.9 Å². The largest absolute Gasteiger partial charge is 0.497 e. The Labute approximate surface area is 156 Å². The van der Waals surface area contributed by atoms with Crippen LogP contribution in [0.5, 0.6) is 5.75 Å². The summed E-state index contributed by atoms with van der Waals surface area (Å²) in [5.41, 5.74) is 2.15. The summed E-state index contributed by atoms with van der Waals surface area (Å²) in [5.74, 6) is 0.680. The van der Waals surface area contributed by atoms with Gasteiger partial charge in [0.15, 0.2) is 0 Å². The van der Waals surface area contributed by atoms with Gasteiger partial charge in [0.2, 0.25) is 5.91 Å². The highest BCUT2D eigenvalue weighted by Crippen LogP contribution is 2.19. The molecule has 0 aromatic heterocycles. The van der Waals surface area contributed by atoms with Crippen molar-refractivity contribution in [2.24, 2.45) is 0 Å². The van der Waals surface area contributed by atoms with Crippen molar-refractivity contribution in [1.82, 2.24) is 10.2 Å². The molecule has 0 aliphatic heterocycles. The van der Waals surface area contributed by atoms with Crippen molar-refractivity contribution in [3.05, 3.63) is 71.8 Å². The van der Waals surface area contributed by atoms with E-state index in [0.717, 1.165) is 24.4 Å². The van der Waals surface area contributed by atoms with Gasteiger partial charge in [0.25, 0.3) is 0 Å². The number of benzene rings is 2. The van der Waals surface area contributed by atoms with E-state index >= 15 is 0 Å². The van der Waals surface area contributed by atoms with Gasteiger partial charge in [-0.05, 0) is 42.4 Å². The molecule has 138 valence electrons. The second-order valence-corrected chi connectivity index (χ2v) is 6.00. The highest BCUT2D eigenvalue weighted by molar-refractivity contribution is 5.91. The lowest BCUT2D eigenvalue weighted by Gasteiger charge is -2.30. The van der Waals surface area contributed by atoms with E-state index in [4.69, 9.17) is 4.74 Å². The van der Waals surface area contributed by atoms with Crippen LogP contribution in [0, 0.1) is 0 Å². The maximum Gasteiger partial charge on any atom is 0.244 e. The number of carbonyl (C=O) groups excluding carboxylic acids is 1. The first-order valence-electron chi connectivity index (χ1n) is 9.06. The number of hydrogen-bond acceptors (Lipinski definition) is 3. The molecular formula is C22H28N2O2. The Kier molecular flexibility index (Phi) is 7.90. The molecule has 0 saturated heterocycles. The number of likely N-dealkylation sites (N-methyl/N-ethyl adjacent to an activating group) is 1. The summed E-state index contributed by atoms with van der Waals surface area (Å²) in [7, 11) is 1.63. The van der Waals surface area contributed by atoms with E-state index in [2.05, 4.69) is 36.2 Å².